The molecular weight excluding hydrogens is 164 g/mol. The van der Waals surface area contributed by atoms with E-state index in [-0.39, 0.29) is 0 Å². The van der Waals surface area contributed by atoms with Gasteiger partial charge in [-0.1, -0.05) is 0 Å². The first kappa shape index (κ1) is 11.0. The molecule has 0 amide bonds. The fraction of sp³-hybridized carbons (Fsp3) is 1.00. The lowest BCUT2D eigenvalue weighted by Crippen LogP contribution is -2.43. The monoisotopic (exact) mass is 186 g/mol. The molecule has 1 rings (SSSR count). The molecular formula is C10H22N2O. The zero-order valence-corrected chi connectivity index (χ0v) is 9.05. The summed E-state index contributed by atoms with van der Waals surface area (Å²) in [4.78, 5) is 2.39. The highest BCUT2D eigenvalue weighted by molar-refractivity contribution is 4.75. The van der Waals surface area contributed by atoms with Crippen molar-refractivity contribution in [3.63, 3.8) is 0 Å². The first-order valence-corrected chi connectivity index (χ1v) is 5.17. The fourth-order valence-electron chi connectivity index (χ4n) is 1.63. The molecule has 0 spiro atoms. The highest BCUT2D eigenvalue weighted by atomic mass is 16.5. The molecule has 1 aliphatic heterocycles. The minimum Gasteiger partial charge on any atom is -0.380 e. The maximum Gasteiger partial charge on any atom is 0.0667 e. The summed E-state index contributed by atoms with van der Waals surface area (Å²) in [6.07, 6.45) is 2.87. The molecule has 0 unspecified atom stereocenters. The van der Waals surface area contributed by atoms with Gasteiger partial charge in [-0.15, -0.1) is 0 Å². The van der Waals surface area contributed by atoms with Crippen molar-refractivity contribution in [2.24, 2.45) is 0 Å². The molecule has 78 valence electrons. The molecule has 0 aliphatic carbocycles. The van der Waals surface area contributed by atoms with Gasteiger partial charge in [0.25, 0.3) is 0 Å². The molecule has 1 atom stereocenters. The lowest BCUT2D eigenvalue weighted by molar-refractivity contribution is 0.110. The summed E-state index contributed by atoms with van der Waals surface area (Å²) >= 11 is 0. The first-order chi connectivity index (χ1) is 6.22. The molecule has 0 saturated carbocycles. The van der Waals surface area contributed by atoms with Crippen molar-refractivity contribution < 1.29 is 4.74 Å². The molecule has 0 aromatic carbocycles. The van der Waals surface area contributed by atoms with E-state index in [1.54, 1.807) is 7.11 Å². The highest BCUT2D eigenvalue weighted by Crippen LogP contribution is 2.07. The van der Waals surface area contributed by atoms with Gasteiger partial charge in [0.1, 0.15) is 0 Å². The molecule has 0 bridgehead atoms. The maximum absolute atomic E-state index is 5.19. The molecule has 0 radical (unpaired) electrons. The number of nitrogens with one attached hydrogen (secondary N) is 1. The highest BCUT2D eigenvalue weighted by Gasteiger charge is 2.16. The van der Waals surface area contributed by atoms with Crippen LogP contribution in [0.3, 0.4) is 0 Å². The fourth-order valence-corrected chi connectivity index (χ4v) is 1.63. The van der Waals surface area contributed by atoms with Crippen LogP contribution in [0.2, 0.25) is 0 Å². The van der Waals surface area contributed by atoms with Gasteiger partial charge in [-0.25, -0.2) is 0 Å². The second kappa shape index (κ2) is 5.58. The van der Waals surface area contributed by atoms with Crippen molar-refractivity contribution in [3.8, 4) is 0 Å². The van der Waals surface area contributed by atoms with E-state index in [4.69, 9.17) is 4.74 Å². The summed E-state index contributed by atoms with van der Waals surface area (Å²) in [5.41, 5.74) is 0. The van der Waals surface area contributed by atoms with Crippen LogP contribution in [0.4, 0.5) is 0 Å². The average Bonchev–Trinajstić information content (AvgIpc) is 2.16. The number of likely N-dealkylation sites (tertiary alicyclic amines) is 1. The molecule has 1 N–H and O–H groups in total. The molecule has 3 nitrogen and oxygen atoms in total. The summed E-state index contributed by atoms with van der Waals surface area (Å²) in [6, 6.07) is 0.703. The van der Waals surface area contributed by atoms with Gasteiger partial charge in [-0.3, -0.25) is 0 Å². The molecule has 0 aromatic heterocycles. The van der Waals surface area contributed by atoms with E-state index in [1.165, 1.54) is 25.9 Å². The Morgan fingerprint density at radius 1 is 1.46 bits per heavy atom. The van der Waals surface area contributed by atoms with Gasteiger partial charge in [-0.2, -0.15) is 0 Å². The first-order valence-electron chi connectivity index (χ1n) is 5.17. The van der Waals surface area contributed by atoms with E-state index in [0.29, 0.717) is 12.1 Å². The Bertz CT molecular complexity index is 133. The third-order valence-corrected chi connectivity index (χ3v) is 2.81. The Morgan fingerprint density at radius 3 is 2.62 bits per heavy atom. The third kappa shape index (κ3) is 4.07. The predicted molar refractivity (Wildman–Crippen MR) is 55.0 cm³/mol. The SMILES string of the molecule is CO[C@@H](C)CNC1CCN(C)CC1. The molecule has 1 heterocycles. The van der Waals surface area contributed by atoms with Gasteiger partial charge >= 0.3 is 0 Å². The van der Waals surface area contributed by atoms with Crippen LogP contribution >= 0.6 is 0 Å². The Morgan fingerprint density at radius 2 is 2.08 bits per heavy atom. The van der Waals surface area contributed by atoms with E-state index in [0.717, 1.165) is 6.54 Å². The summed E-state index contributed by atoms with van der Waals surface area (Å²) in [6.45, 7) is 5.52. The Kier molecular flexibility index (Phi) is 4.70. The van der Waals surface area contributed by atoms with Crippen molar-refractivity contribution in [2.75, 3.05) is 33.8 Å². The van der Waals surface area contributed by atoms with Crippen LogP contribution in [0, 0.1) is 0 Å². The minimum atomic E-state index is 0.333. The van der Waals surface area contributed by atoms with Gasteiger partial charge in [0.05, 0.1) is 6.10 Å². The Labute approximate surface area is 81.4 Å². The predicted octanol–water partition coefficient (Wildman–Crippen LogP) is 0.705. The van der Waals surface area contributed by atoms with Crippen LogP contribution in [0.25, 0.3) is 0 Å². The van der Waals surface area contributed by atoms with Crippen LogP contribution < -0.4 is 5.32 Å². The van der Waals surface area contributed by atoms with Crippen LogP contribution in [0.1, 0.15) is 19.8 Å². The number of methoxy groups -OCH3 is 1. The van der Waals surface area contributed by atoms with Crippen LogP contribution in [-0.2, 0) is 4.74 Å². The molecule has 1 saturated heterocycles. The van der Waals surface area contributed by atoms with Crippen molar-refractivity contribution in [3.05, 3.63) is 0 Å². The Hall–Kier alpha value is -0.120. The van der Waals surface area contributed by atoms with Gasteiger partial charge < -0.3 is 15.0 Å². The standard InChI is InChI=1S/C10H22N2O/c1-9(13-3)8-11-10-4-6-12(2)7-5-10/h9-11H,4-8H2,1-3H3/t9-/m0/s1. The minimum absolute atomic E-state index is 0.333. The summed E-state index contributed by atoms with van der Waals surface area (Å²) in [5, 5.41) is 3.54. The van der Waals surface area contributed by atoms with Gasteiger partial charge in [0.2, 0.25) is 0 Å². The number of ether oxygens (including phenoxy) is 1. The molecule has 3 heteroatoms. The van der Waals surface area contributed by atoms with E-state index in [1.807, 2.05) is 0 Å². The molecule has 1 fully saturated rings. The molecule has 1 aliphatic rings. The summed E-state index contributed by atoms with van der Waals surface area (Å²) < 4.78 is 5.19. The average molecular weight is 186 g/mol. The quantitative estimate of drug-likeness (QED) is 0.699. The summed E-state index contributed by atoms with van der Waals surface area (Å²) in [5.74, 6) is 0. The Balaban J connectivity index is 2.08. The zero-order chi connectivity index (χ0) is 9.68. The molecule has 13 heavy (non-hydrogen) atoms. The van der Waals surface area contributed by atoms with Crippen LogP contribution in [-0.4, -0.2) is 50.8 Å². The van der Waals surface area contributed by atoms with E-state index >= 15 is 0 Å². The normalized spacial score (nSPS) is 23.3. The third-order valence-electron chi connectivity index (χ3n) is 2.81. The lowest BCUT2D eigenvalue weighted by atomic mass is 10.1. The number of nitrogens with zero attached hydrogens (tertiary/aromatic N) is 1. The number of hydrogen-bond acceptors (Lipinski definition) is 3. The zero-order valence-electron chi connectivity index (χ0n) is 9.05. The van der Waals surface area contributed by atoms with Gasteiger partial charge in [0, 0.05) is 19.7 Å². The smallest absolute Gasteiger partial charge is 0.0667 e. The molecule has 0 aromatic rings. The maximum atomic E-state index is 5.19. The van der Waals surface area contributed by atoms with Crippen LogP contribution in [0.15, 0.2) is 0 Å². The van der Waals surface area contributed by atoms with Gasteiger partial charge in [0.15, 0.2) is 0 Å². The largest absolute Gasteiger partial charge is 0.380 e. The van der Waals surface area contributed by atoms with Crippen LogP contribution in [0.5, 0.6) is 0 Å². The van der Waals surface area contributed by atoms with Crippen molar-refractivity contribution >= 4 is 0 Å². The van der Waals surface area contributed by atoms with E-state index < -0.39 is 0 Å². The number of piperidine rings is 1. The van der Waals surface area contributed by atoms with Crippen molar-refractivity contribution in [1.82, 2.24) is 10.2 Å². The topological polar surface area (TPSA) is 24.5 Å². The van der Waals surface area contributed by atoms with E-state index in [2.05, 4.69) is 24.2 Å². The van der Waals surface area contributed by atoms with Gasteiger partial charge in [-0.05, 0) is 39.9 Å². The summed E-state index contributed by atoms with van der Waals surface area (Å²) in [7, 11) is 3.95. The number of hydrogen-bond donors (Lipinski definition) is 1. The lowest BCUT2D eigenvalue weighted by Gasteiger charge is -2.30. The van der Waals surface area contributed by atoms with Crippen molar-refractivity contribution in [1.29, 1.82) is 0 Å². The second-order valence-electron chi connectivity index (χ2n) is 4.03. The van der Waals surface area contributed by atoms with Crippen molar-refractivity contribution in [2.45, 2.75) is 31.9 Å². The second-order valence-corrected chi connectivity index (χ2v) is 4.03. The van der Waals surface area contributed by atoms with E-state index in [9.17, 15) is 0 Å². The number of rotatable bonds is 4.